The van der Waals surface area contributed by atoms with E-state index in [0.717, 1.165) is 31.2 Å². The molecule has 0 saturated heterocycles. The summed E-state index contributed by atoms with van der Waals surface area (Å²) in [5, 5.41) is 2.91. The lowest BCUT2D eigenvalue weighted by molar-refractivity contribution is -0.144. The van der Waals surface area contributed by atoms with E-state index in [2.05, 4.69) is 5.32 Å². The van der Waals surface area contributed by atoms with Crippen molar-refractivity contribution in [2.75, 3.05) is 13.4 Å². The number of carbonyl (C=O) groups is 2. The maximum Gasteiger partial charge on any atom is 0.331 e. The highest BCUT2D eigenvalue weighted by atomic mass is 16.7. The topological polar surface area (TPSA) is 73.9 Å². The summed E-state index contributed by atoms with van der Waals surface area (Å²) < 4.78 is 15.5. The first kappa shape index (κ1) is 16.4. The first-order valence-electron chi connectivity index (χ1n) is 8.24. The van der Waals surface area contributed by atoms with Crippen molar-refractivity contribution in [1.82, 2.24) is 5.32 Å². The molecule has 1 aliphatic carbocycles. The number of benzene rings is 1. The van der Waals surface area contributed by atoms with Crippen molar-refractivity contribution >= 4 is 18.0 Å². The van der Waals surface area contributed by atoms with Gasteiger partial charge in [0.25, 0.3) is 5.91 Å². The van der Waals surface area contributed by atoms with Gasteiger partial charge < -0.3 is 19.5 Å². The summed E-state index contributed by atoms with van der Waals surface area (Å²) in [6.45, 7) is -0.0402. The molecule has 0 aromatic heterocycles. The summed E-state index contributed by atoms with van der Waals surface area (Å²) in [6, 6.07) is 5.59. The Bertz CT molecular complexity index is 634. The maximum atomic E-state index is 11.8. The zero-order valence-electron chi connectivity index (χ0n) is 13.5. The fourth-order valence-electron chi connectivity index (χ4n) is 2.88. The second kappa shape index (κ2) is 7.86. The van der Waals surface area contributed by atoms with Crippen LogP contribution >= 0.6 is 0 Å². The minimum Gasteiger partial charge on any atom is -0.454 e. The van der Waals surface area contributed by atoms with E-state index in [4.69, 9.17) is 14.2 Å². The van der Waals surface area contributed by atoms with E-state index in [1.165, 1.54) is 12.5 Å². The third-order valence-electron chi connectivity index (χ3n) is 4.12. The number of esters is 1. The number of ether oxygens (including phenoxy) is 3. The van der Waals surface area contributed by atoms with Crippen molar-refractivity contribution < 1.29 is 23.8 Å². The summed E-state index contributed by atoms with van der Waals surface area (Å²) in [5.41, 5.74) is 0.794. The minimum absolute atomic E-state index is 0.209. The normalized spacial score (nSPS) is 17.0. The van der Waals surface area contributed by atoms with Crippen LogP contribution in [0, 0.1) is 0 Å². The molecule has 1 heterocycles. The van der Waals surface area contributed by atoms with E-state index in [1.54, 1.807) is 18.2 Å². The Morgan fingerprint density at radius 3 is 2.79 bits per heavy atom. The molecule has 0 bridgehead atoms. The van der Waals surface area contributed by atoms with Crippen LogP contribution in [0.15, 0.2) is 24.3 Å². The quantitative estimate of drug-likeness (QED) is 0.662. The van der Waals surface area contributed by atoms with E-state index in [9.17, 15) is 9.59 Å². The average Bonchev–Trinajstić information content (AvgIpc) is 3.07. The lowest BCUT2D eigenvalue weighted by atomic mass is 9.95. The molecule has 6 heteroatoms. The molecule has 1 N–H and O–H groups in total. The van der Waals surface area contributed by atoms with E-state index in [-0.39, 0.29) is 25.3 Å². The Balaban J connectivity index is 1.42. The molecule has 0 unspecified atom stereocenters. The van der Waals surface area contributed by atoms with Gasteiger partial charge in [0, 0.05) is 12.1 Å². The molecule has 0 atom stereocenters. The Morgan fingerprint density at radius 1 is 1.17 bits per heavy atom. The van der Waals surface area contributed by atoms with E-state index in [0.29, 0.717) is 11.5 Å². The third kappa shape index (κ3) is 4.50. The first-order chi connectivity index (χ1) is 11.7. The molecule has 1 saturated carbocycles. The van der Waals surface area contributed by atoms with E-state index >= 15 is 0 Å². The largest absolute Gasteiger partial charge is 0.454 e. The summed E-state index contributed by atoms with van der Waals surface area (Å²) in [7, 11) is 0. The molecular formula is C18H21NO5. The van der Waals surface area contributed by atoms with E-state index < -0.39 is 5.97 Å². The molecule has 24 heavy (non-hydrogen) atoms. The predicted octanol–water partition coefficient (Wildman–Crippen LogP) is 2.42. The minimum atomic E-state index is -0.550. The smallest absolute Gasteiger partial charge is 0.331 e. The number of fused-ring (bicyclic) bond motifs is 1. The molecule has 2 aliphatic rings. The molecular weight excluding hydrogens is 310 g/mol. The first-order valence-corrected chi connectivity index (χ1v) is 8.24. The van der Waals surface area contributed by atoms with Gasteiger partial charge in [0.05, 0.1) is 0 Å². The molecule has 1 fully saturated rings. The third-order valence-corrected chi connectivity index (χ3v) is 4.12. The predicted molar refractivity (Wildman–Crippen MR) is 87.6 cm³/mol. The van der Waals surface area contributed by atoms with Crippen molar-refractivity contribution in [2.45, 2.75) is 38.1 Å². The monoisotopic (exact) mass is 331 g/mol. The molecule has 1 aromatic rings. The molecule has 6 nitrogen and oxygen atoms in total. The lowest BCUT2D eigenvalue weighted by Gasteiger charge is -2.22. The number of carbonyl (C=O) groups excluding carboxylic acids is 2. The van der Waals surface area contributed by atoms with Gasteiger partial charge in [-0.3, -0.25) is 4.79 Å². The lowest BCUT2D eigenvalue weighted by Crippen LogP contribution is -2.38. The van der Waals surface area contributed by atoms with Crippen molar-refractivity contribution in [3.8, 4) is 11.5 Å². The number of amides is 1. The number of hydrogen-bond acceptors (Lipinski definition) is 5. The van der Waals surface area contributed by atoms with Gasteiger partial charge in [-0.25, -0.2) is 4.79 Å². The standard InChI is InChI=1S/C18H21NO5/c20-17(19-14-4-2-1-3-5-14)11-22-18(21)9-7-13-6-8-15-16(10-13)24-12-23-15/h6-10,14H,1-5,11-12H2,(H,19,20). The van der Waals surface area contributed by atoms with Gasteiger partial charge in [0.1, 0.15) is 0 Å². The van der Waals surface area contributed by atoms with Gasteiger partial charge in [-0.15, -0.1) is 0 Å². The van der Waals surface area contributed by atoms with Crippen LogP contribution in [0.5, 0.6) is 11.5 Å². The highest BCUT2D eigenvalue weighted by molar-refractivity contribution is 5.89. The van der Waals surface area contributed by atoms with Crippen molar-refractivity contribution in [2.24, 2.45) is 0 Å². The second-order valence-corrected chi connectivity index (χ2v) is 5.96. The zero-order valence-corrected chi connectivity index (χ0v) is 13.5. The van der Waals surface area contributed by atoms with Crippen LogP contribution in [-0.2, 0) is 14.3 Å². The Morgan fingerprint density at radius 2 is 1.96 bits per heavy atom. The summed E-state index contributed by atoms with van der Waals surface area (Å²) >= 11 is 0. The van der Waals surface area contributed by atoms with Gasteiger partial charge in [-0.2, -0.15) is 0 Å². The van der Waals surface area contributed by atoms with Crippen LogP contribution < -0.4 is 14.8 Å². The molecule has 3 rings (SSSR count). The fourth-order valence-corrected chi connectivity index (χ4v) is 2.88. The Labute approximate surface area is 140 Å². The molecule has 0 radical (unpaired) electrons. The number of rotatable bonds is 5. The molecule has 1 aliphatic heterocycles. The van der Waals surface area contributed by atoms with Crippen molar-refractivity contribution in [3.63, 3.8) is 0 Å². The maximum absolute atomic E-state index is 11.8. The van der Waals surface area contributed by atoms with Crippen molar-refractivity contribution in [3.05, 3.63) is 29.8 Å². The van der Waals surface area contributed by atoms with Crippen molar-refractivity contribution in [1.29, 1.82) is 0 Å². The summed E-state index contributed by atoms with van der Waals surface area (Å²) in [6.07, 6.45) is 8.43. The van der Waals surface area contributed by atoms with Crippen LogP contribution in [0.4, 0.5) is 0 Å². The highest BCUT2D eigenvalue weighted by Crippen LogP contribution is 2.32. The van der Waals surface area contributed by atoms with Gasteiger partial charge >= 0.3 is 5.97 Å². The summed E-state index contributed by atoms with van der Waals surface area (Å²) in [5.74, 6) is 0.546. The van der Waals surface area contributed by atoms with Gasteiger partial charge in [-0.05, 0) is 36.6 Å². The number of hydrogen-bond donors (Lipinski definition) is 1. The summed E-state index contributed by atoms with van der Waals surface area (Å²) in [4.78, 5) is 23.5. The van der Waals surface area contributed by atoms with Crippen LogP contribution in [0.25, 0.3) is 6.08 Å². The second-order valence-electron chi connectivity index (χ2n) is 5.96. The van der Waals surface area contributed by atoms with Gasteiger partial charge in [-0.1, -0.05) is 25.3 Å². The van der Waals surface area contributed by atoms with Gasteiger partial charge in [0.2, 0.25) is 6.79 Å². The Hall–Kier alpha value is -2.50. The van der Waals surface area contributed by atoms with Crippen LogP contribution in [0.2, 0.25) is 0 Å². The van der Waals surface area contributed by atoms with Crippen LogP contribution in [-0.4, -0.2) is 31.3 Å². The molecule has 1 aromatic carbocycles. The van der Waals surface area contributed by atoms with Crippen LogP contribution in [0.3, 0.4) is 0 Å². The average molecular weight is 331 g/mol. The molecule has 128 valence electrons. The number of nitrogens with one attached hydrogen (secondary N) is 1. The zero-order chi connectivity index (χ0) is 16.8. The van der Waals surface area contributed by atoms with E-state index in [1.807, 2.05) is 6.07 Å². The Kier molecular flexibility index (Phi) is 5.36. The van der Waals surface area contributed by atoms with Gasteiger partial charge in [0.15, 0.2) is 18.1 Å². The fraction of sp³-hybridized carbons (Fsp3) is 0.444. The molecule has 1 amide bonds. The SMILES string of the molecule is O=C(COC(=O)C=Cc1ccc2c(c1)OCO2)NC1CCCCC1. The highest BCUT2D eigenvalue weighted by Gasteiger charge is 2.16. The van der Waals surface area contributed by atoms with Crippen LogP contribution in [0.1, 0.15) is 37.7 Å². The molecule has 0 spiro atoms.